The minimum Gasteiger partial charge on any atom is -0.805 e. The second kappa shape index (κ2) is 4.18. The number of carbonyl (C=O) groups is 1. The Morgan fingerprint density at radius 1 is 1.47 bits per heavy atom. The third kappa shape index (κ3) is 1.68. The molecular weight excluding hydrogens is 244 g/mol. The number of aromatic nitrogens is 2. The van der Waals surface area contributed by atoms with Crippen LogP contribution in [-0.2, 0) is 0 Å². The zero-order valence-corrected chi connectivity index (χ0v) is 9.77. The van der Waals surface area contributed by atoms with E-state index >= 15 is 0 Å². The molecule has 17 heavy (non-hydrogen) atoms. The number of ketones is 1. The van der Waals surface area contributed by atoms with Crippen molar-refractivity contribution in [3.05, 3.63) is 45.8 Å². The van der Waals surface area contributed by atoms with Gasteiger partial charge < -0.3 is 9.94 Å². The fourth-order valence-electron chi connectivity index (χ4n) is 1.73. The van der Waals surface area contributed by atoms with Crippen LogP contribution in [0, 0.1) is 17.0 Å². The Labute approximate surface area is 101 Å². The molecular formula is C11H9ClN2O3. The minimum atomic E-state index is -0.561. The molecule has 2 aromatic rings. The third-order valence-corrected chi connectivity index (χ3v) is 2.80. The molecule has 0 unspecified atom stereocenters. The van der Waals surface area contributed by atoms with Gasteiger partial charge >= 0.3 is 5.69 Å². The van der Waals surface area contributed by atoms with E-state index < -0.39 is 5.78 Å². The number of benzene rings is 1. The van der Waals surface area contributed by atoms with Crippen molar-refractivity contribution in [2.24, 2.45) is 0 Å². The lowest BCUT2D eigenvalue weighted by molar-refractivity contribution is -0.468. The standard InChI is InChI=1S/C11H9ClN2O3/c1-7-11(10(15)6-12)14(17)9-5-3-2-4-8(9)13(7)16/h2-5H,6H2,1H3. The van der Waals surface area contributed by atoms with Crippen molar-refractivity contribution in [1.82, 2.24) is 4.73 Å². The van der Waals surface area contributed by atoms with Gasteiger partial charge in [-0.05, 0) is 13.0 Å². The average molecular weight is 253 g/mol. The van der Waals surface area contributed by atoms with E-state index in [9.17, 15) is 14.9 Å². The fraction of sp³-hybridized carbons (Fsp3) is 0.182. The normalized spacial score (nSPS) is 10.7. The first-order valence-corrected chi connectivity index (χ1v) is 5.45. The molecule has 0 aliphatic heterocycles. The summed E-state index contributed by atoms with van der Waals surface area (Å²) in [6.45, 7) is 1.42. The zero-order chi connectivity index (χ0) is 12.6. The lowest BCUT2D eigenvalue weighted by Crippen LogP contribution is -2.30. The number of nitrogens with zero attached hydrogens (tertiary/aromatic N) is 2. The summed E-state index contributed by atoms with van der Waals surface area (Å²) < 4.78 is 1.04. The van der Waals surface area contributed by atoms with Crippen molar-refractivity contribution in [2.45, 2.75) is 6.92 Å². The Balaban J connectivity index is 2.97. The molecule has 0 radical (unpaired) electrons. The number of rotatable bonds is 2. The van der Waals surface area contributed by atoms with Gasteiger partial charge in [-0.3, -0.25) is 4.79 Å². The number of hydrogen-bond acceptors (Lipinski definition) is 3. The van der Waals surface area contributed by atoms with Crippen molar-refractivity contribution < 1.29 is 9.22 Å². The summed E-state index contributed by atoms with van der Waals surface area (Å²) in [5.41, 5.74) is 0.241. The first-order valence-electron chi connectivity index (χ1n) is 4.91. The van der Waals surface area contributed by atoms with Crippen molar-refractivity contribution in [2.75, 3.05) is 5.88 Å². The van der Waals surface area contributed by atoms with Crippen molar-refractivity contribution in [1.29, 1.82) is 0 Å². The first-order chi connectivity index (χ1) is 8.07. The molecule has 1 aromatic heterocycles. The van der Waals surface area contributed by atoms with E-state index in [1.807, 2.05) is 0 Å². The van der Waals surface area contributed by atoms with E-state index in [1.54, 1.807) is 12.1 Å². The van der Waals surface area contributed by atoms with Gasteiger partial charge in [0.15, 0.2) is 0 Å². The molecule has 0 atom stereocenters. The van der Waals surface area contributed by atoms with Gasteiger partial charge in [0.05, 0.1) is 16.0 Å². The van der Waals surface area contributed by atoms with Crippen molar-refractivity contribution in [3.8, 4) is 0 Å². The smallest absolute Gasteiger partial charge is 0.326 e. The van der Waals surface area contributed by atoms with Crippen LogP contribution < -0.4 is 4.43 Å². The summed E-state index contributed by atoms with van der Waals surface area (Å²) in [7, 11) is 0. The first kappa shape index (κ1) is 11.6. The van der Waals surface area contributed by atoms with Crippen LogP contribution in [0.5, 0.6) is 0 Å². The number of fused-ring (bicyclic) bond motifs is 1. The lowest BCUT2D eigenvalue weighted by Gasteiger charge is -2.15. The van der Waals surface area contributed by atoms with Crippen LogP contribution in [0.2, 0.25) is 0 Å². The number of Topliss-reactive ketones (excluding diaryl/α,β-unsaturated/α-hetero) is 1. The van der Waals surface area contributed by atoms with Crippen LogP contribution in [-0.4, -0.2) is 16.4 Å². The Kier molecular flexibility index (Phi) is 2.85. The molecule has 0 bridgehead atoms. The van der Waals surface area contributed by atoms with Crippen LogP contribution >= 0.6 is 11.6 Å². The molecule has 6 heteroatoms. The molecule has 88 valence electrons. The van der Waals surface area contributed by atoms with E-state index in [1.165, 1.54) is 19.1 Å². The summed E-state index contributed by atoms with van der Waals surface area (Å²) in [5, 5.41) is 11.9. The van der Waals surface area contributed by atoms with Gasteiger partial charge in [0.25, 0.3) is 5.52 Å². The van der Waals surface area contributed by atoms with Gasteiger partial charge in [-0.2, -0.15) is 0 Å². The van der Waals surface area contributed by atoms with Crippen LogP contribution in [0.1, 0.15) is 16.2 Å². The molecule has 5 nitrogen and oxygen atoms in total. The molecule has 0 saturated carbocycles. The van der Waals surface area contributed by atoms with Crippen molar-refractivity contribution in [3.63, 3.8) is 0 Å². The van der Waals surface area contributed by atoms with Crippen LogP contribution in [0.15, 0.2) is 24.3 Å². The SMILES string of the molecule is Cc1c(C(=O)CCl)[n+](=O)c2ccccc2n1[O-]. The van der Waals surface area contributed by atoms with Gasteiger partial charge in [-0.1, -0.05) is 12.1 Å². The fourth-order valence-corrected chi connectivity index (χ4v) is 1.86. The number of para-hydroxylation sites is 2. The second-order valence-corrected chi connectivity index (χ2v) is 3.84. The molecule has 0 aliphatic rings. The molecule has 0 N–H and O–H groups in total. The molecule has 0 saturated heterocycles. The summed E-state index contributed by atoms with van der Waals surface area (Å²) >= 11 is 5.42. The largest absolute Gasteiger partial charge is 0.805 e. The van der Waals surface area contributed by atoms with Crippen molar-refractivity contribution >= 4 is 28.4 Å². The number of halogens is 1. The van der Waals surface area contributed by atoms with Gasteiger partial charge in [-0.15, -0.1) is 11.6 Å². The van der Waals surface area contributed by atoms with E-state index in [-0.39, 0.29) is 28.3 Å². The molecule has 0 spiro atoms. The maximum atomic E-state index is 12.0. The Morgan fingerprint density at radius 2 is 2.12 bits per heavy atom. The van der Waals surface area contributed by atoms with Gasteiger partial charge in [0.1, 0.15) is 5.52 Å². The van der Waals surface area contributed by atoms with E-state index in [2.05, 4.69) is 0 Å². The molecule has 2 rings (SSSR count). The molecule has 1 aromatic carbocycles. The van der Waals surface area contributed by atoms with Crippen LogP contribution in [0.3, 0.4) is 0 Å². The predicted molar refractivity (Wildman–Crippen MR) is 63.9 cm³/mol. The number of alkyl halides is 1. The summed E-state index contributed by atoms with van der Waals surface area (Å²) in [5.74, 6) is -0.893. The Morgan fingerprint density at radius 3 is 2.76 bits per heavy atom. The number of carbonyl (C=O) groups excluding carboxylic acids is 1. The predicted octanol–water partition coefficient (Wildman–Crippen LogP) is 1.63. The Bertz CT molecular complexity index is 664. The van der Waals surface area contributed by atoms with Gasteiger partial charge in [0, 0.05) is 11.0 Å². The minimum absolute atomic E-state index is 0.0596. The third-order valence-electron chi connectivity index (χ3n) is 2.56. The van der Waals surface area contributed by atoms with Crippen LogP contribution in [0.4, 0.5) is 0 Å². The molecule has 0 amide bonds. The summed E-state index contributed by atoms with van der Waals surface area (Å²) in [4.78, 5) is 23.5. The second-order valence-electron chi connectivity index (χ2n) is 3.57. The summed E-state index contributed by atoms with van der Waals surface area (Å²) in [6, 6.07) is 6.29. The average Bonchev–Trinajstić information content (AvgIpc) is 2.36. The van der Waals surface area contributed by atoms with E-state index in [0.29, 0.717) is 9.16 Å². The van der Waals surface area contributed by atoms with Crippen LogP contribution in [0.25, 0.3) is 11.0 Å². The lowest BCUT2D eigenvalue weighted by atomic mass is 10.2. The topological polar surface area (TPSA) is 68.0 Å². The highest BCUT2D eigenvalue weighted by Gasteiger charge is 2.25. The summed E-state index contributed by atoms with van der Waals surface area (Å²) in [6.07, 6.45) is 0. The number of hydrogen-bond donors (Lipinski definition) is 0. The van der Waals surface area contributed by atoms with E-state index in [4.69, 9.17) is 11.6 Å². The van der Waals surface area contributed by atoms with Gasteiger partial charge in [0.2, 0.25) is 5.78 Å². The maximum Gasteiger partial charge on any atom is 0.326 e. The quantitative estimate of drug-likeness (QED) is 0.463. The highest BCUT2D eigenvalue weighted by atomic mass is 35.5. The molecule has 0 fully saturated rings. The highest BCUT2D eigenvalue weighted by molar-refractivity contribution is 6.30. The molecule has 1 heterocycles. The Hall–Kier alpha value is -1.88. The molecule has 0 aliphatic carbocycles. The van der Waals surface area contributed by atoms with E-state index in [0.717, 1.165) is 0 Å². The monoisotopic (exact) mass is 252 g/mol. The maximum absolute atomic E-state index is 12.0. The zero-order valence-electron chi connectivity index (χ0n) is 9.01. The highest BCUT2D eigenvalue weighted by Crippen LogP contribution is 2.13. The van der Waals surface area contributed by atoms with Gasteiger partial charge in [-0.25, -0.2) is 0 Å².